The lowest BCUT2D eigenvalue weighted by Gasteiger charge is -2.30. The van der Waals surface area contributed by atoms with E-state index in [4.69, 9.17) is 5.26 Å². The lowest BCUT2D eigenvalue weighted by Crippen LogP contribution is -2.37. The number of benzene rings is 2. The maximum atomic E-state index is 12.6. The second kappa shape index (κ2) is 11.1. The Balaban J connectivity index is 1.72. The summed E-state index contributed by atoms with van der Waals surface area (Å²) in [5.74, 6) is -0.109. The minimum atomic E-state index is -0.109. The Bertz CT molecular complexity index is 1060. The van der Waals surface area contributed by atoms with Crippen LogP contribution in [0.5, 0.6) is 0 Å². The summed E-state index contributed by atoms with van der Waals surface area (Å²) in [7, 11) is 0. The fourth-order valence-corrected chi connectivity index (χ4v) is 3.98. The number of aryl methyl sites for hydroxylation is 1. The highest BCUT2D eigenvalue weighted by atomic mass is 16.1. The van der Waals surface area contributed by atoms with Crippen LogP contribution in [0.2, 0.25) is 0 Å². The Kier molecular flexibility index (Phi) is 8.03. The first-order valence-electron chi connectivity index (χ1n) is 10.9. The average Bonchev–Trinajstić information content (AvgIpc) is 3.17. The van der Waals surface area contributed by atoms with Gasteiger partial charge in [0.1, 0.15) is 0 Å². The van der Waals surface area contributed by atoms with Crippen molar-refractivity contribution in [3.05, 3.63) is 78.0 Å². The molecule has 3 rings (SSSR count). The molecule has 31 heavy (non-hydrogen) atoms. The second-order valence-electron chi connectivity index (χ2n) is 7.43. The van der Waals surface area contributed by atoms with Crippen molar-refractivity contribution in [2.75, 3.05) is 19.6 Å². The van der Waals surface area contributed by atoms with Gasteiger partial charge < -0.3 is 9.88 Å². The van der Waals surface area contributed by atoms with Gasteiger partial charge in [0, 0.05) is 41.8 Å². The largest absolute Gasteiger partial charge is 0.351 e. The summed E-state index contributed by atoms with van der Waals surface area (Å²) in [5, 5.41) is 13.1. The molecule has 160 valence electrons. The monoisotopic (exact) mass is 414 g/mol. The molecule has 3 aromatic rings. The summed E-state index contributed by atoms with van der Waals surface area (Å²) >= 11 is 0. The number of nitrogens with zero attached hydrogens (tertiary/aromatic N) is 3. The minimum absolute atomic E-state index is 0.109. The van der Waals surface area contributed by atoms with Crippen LogP contribution in [-0.4, -0.2) is 35.0 Å². The molecule has 1 heterocycles. The Labute approximate surface area is 184 Å². The maximum absolute atomic E-state index is 12.6. The van der Waals surface area contributed by atoms with E-state index in [1.54, 1.807) is 6.08 Å². The fourth-order valence-electron chi connectivity index (χ4n) is 3.98. The van der Waals surface area contributed by atoms with Gasteiger partial charge in [0.05, 0.1) is 18.5 Å². The van der Waals surface area contributed by atoms with Crippen molar-refractivity contribution < 1.29 is 4.79 Å². The molecule has 1 unspecified atom stereocenters. The van der Waals surface area contributed by atoms with E-state index in [-0.39, 0.29) is 11.9 Å². The third kappa shape index (κ3) is 5.62. The summed E-state index contributed by atoms with van der Waals surface area (Å²) in [6.45, 7) is 7.32. The zero-order valence-corrected chi connectivity index (χ0v) is 18.3. The van der Waals surface area contributed by atoms with Crippen LogP contribution >= 0.6 is 0 Å². The van der Waals surface area contributed by atoms with E-state index in [0.29, 0.717) is 19.5 Å². The van der Waals surface area contributed by atoms with Crippen LogP contribution in [0.1, 0.15) is 37.4 Å². The van der Waals surface area contributed by atoms with E-state index in [2.05, 4.69) is 46.8 Å². The molecule has 0 bridgehead atoms. The van der Waals surface area contributed by atoms with Crippen molar-refractivity contribution in [2.45, 2.75) is 32.9 Å². The summed E-state index contributed by atoms with van der Waals surface area (Å²) in [5.41, 5.74) is 3.26. The molecule has 0 aliphatic carbocycles. The number of nitriles is 1. The topological polar surface area (TPSA) is 61.1 Å². The zero-order valence-electron chi connectivity index (χ0n) is 18.3. The molecule has 0 radical (unpaired) electrons. The highest BCUT2D eigenvalue weighted by Crippen LogP contribution is 2.23. The van der Waals surface area contributed by atoms with Crippen molar-refractivity contribution >= 4 is 22.9 Å². The van der Waals surface area contributed by atoms with Gasteiger partial charge >= 0.3 is 0 Å². The molecular weight excluding hydrogens is 384 g/mol. The highest BCUT2D eigenvalue weighted by Gasteiger charge is 2.18. The Morgan fingerprint density at radius 2 is 1.84 bits per heavy atom. The molecule has 2 aromatic carbocycles. The van der Waals surface area contributed by atoms with Crippen molar-refractivity contribution in [2.24, 2.45) is 0 Å². The molecule has 0 aliphatic heterocycles. The molecule has 0 aliphatic rings. The van der Waals surface area contributed by atoms with E-state index < -0.39 is 0 Å². The van der Waals surface area contributed by atoms with E-state index in [9.17, 15) is 4.79 Å². The average molecular weight is 415 g/mol. The zero-order chi connectivity index (χ0) is 22.1. The van der Waals surface area contributed by atoms with Crippen molar-refractivity contribution in [3.63, 3.8) is 0 Å². The summed E-state index contributed by atoms with van der Waals surface area (Å²) in [4.78, 5) is 14.9. The molecule has 0 saturated heterocycles. The number of hydrogen-bond acceptors (Lipinski definition) is 3. The SMILES string of the molecule is CCN(CC)C(CNC(=O)/C=C/c1cn(CCC#N)c2ccccc12)c1ccccc1. The standard InChI is InChI=1S/C26H30N4O/c1-3-29(4-2)25(21-11-6-5-7-12-21)19-28-26(31)16-15-22-20-30(18-10-17-27)24-14-9-8-13-23(22)24/h5-9,11-16,20,25H,3-4,10,18-19H2,1-2H3,(H,28,31)/b16-15+. The molecule has 1 amide bonds. The molecule has 5 heteroatoms. The molecule has 1 N–H and O–H groups in total. The predicted octanol–water partition coefficient (Wildman–Crippen LogP) is 4.77. The van der Waals surface area contributed by atoms with Crippen LogP contribution in [0.25, 0.3) is 17.0 Å². The number of likely N-dealkylation sites (N-methyl/N-ethyl adjacent to an activating group) is 1. The van der Waals surface area contributed by atoms with Crippen LogP contribution in [-0.2, 0) is 11.3 Å². The lowest BCUT2D eigenvalue weighted by molar-refractivity contribution is -0.116. The highest BCUT2D eigenvalue weighted by molar-refractivity contribution is 5.96. The number of carbonyl (C=O) groups is 1. The Morgan fingerprint density at radius 3 is 2.55 bits per heavy atom. The number of para-hydroxylation sites is 1. The first-order valence-corrected chi connectivity index (χ1v) is 10.9. The van der Waals surface area contributed by atoms with Gasteiger partial charge in [-0.1, -0.05) is 62.4 Å². The van der Waals surface area contributed by atoms with E-state index >= 15 is 0 Å². The van der Waals surface area contributed by atoms with Crippen LogP contribution in [0.4, 0.5) is 0 Å². The first kappa shape index (κ1) is 22.3. The molecular formula is C26H30N4O. The van der Waals surface area contributed by atoms with E-state index in [0.717, 1.165) is 29.6 Å². The summed E-state index contributed by atoms with van der Waals surface area (Å²) in [6, 6.07) is 20.7. The first-order chi connectivity index (χ1) is 15.2. The van der Waals surface area contributed by atoms with Crippen LogP contribution < -0.4 is 5.32 Å². The molecule has 0 spiro atoms. The van der Waals surface area contributed by atoms with Crippen LogP contribution in [0.15, 0.2) is 66.9 Å². The molecule has 1 aromatic heterocycles. The fraction of sp³-hybridized carbons (Fsp3) is 0.308. The van der Waals surface area contributed by atoms with Gasteiger partial charge in [0.15, 0.2) is 0 Å². The second-order valence-corrected chi connectivity index (χ2v) is 7.43. The third-order valence-electron chi connectivity index (χ3n) is 5.61. The molecule has 1 atom stereocenters. The molecule has 5 nitrogen and oxygen atoms in total. The van der Waals surface area contributed by atoms with Gasteiger partial charge in [-0.15, -0.1) is 0 Å². The van der Waals surface area contributed by atoms with Gasteiger partial charge in [-0.05, 0) is 30.8 Å². The lowest BCUT2D eigenvalue weighted by atomic mass is 10.1. The van der Waals surface area contributed by atoms with Crippen LogP contribution in [0, 0.1) is 11.3 Å². The summed E-state index contributed by atoms with van der Waals surface area (Å²) in [6.07, 6.45) is 5.92. The van der Waals surface area contributed by atoms with E-state index in [1.807, 2.05) is 54.7 Å². The number of carbonyl (C=O) groups excluding carboxylic acids is 1. The van der Waals surface area contributed by atoms with Crippen molar-refractivity contribution in [1.29, 1.82) is 5.26 Å². The quantitative estimate of drug-likeness (QED) is 0.486. The Hall–Kier alpha value is -3.36. The summed E-state index contributed by atoms with van der Waals surface area (Å²) < 4.78 is 2.07. The molecule has 0 saturated carbocycles. The smallest absolute Gasteiger partial charge is 0.244 e. The predicted molar refractivity (Wildman–Crippen MR) is 126 cm³/mol. The minimum Gasteiger partial charge on any atom is -0.351 e. The number of fused-ring (bicyclic) bond motifs is 1. The number of amides is 1. The van der Waals surface area contributed by atoms with Gasteiger partial charge in [-0.25, -0.2) is 0 Å². The van der Waals surface area contributed by atoms with Gasteiger partial charge in [0.2, 0.25) is 5.91 Å². The number of aromatic nitrogens is 1. The van der Waals surface area contributed by atoms with Crippen molar-refractivity contribution in [3.8, 4) is 6.07 Å². The van der Waals surface area contributed by atoms with Gasteiger partial charge in [-0.2, -0.15) is 5.26 Å². The number of nitrogens with one attached hydrogen (secondary N) is 1. The van der Waals surface area contributed by atoms with E-state index in [1.165, 1.54) is 5.56 Å². The van der Waals surface area contributed by atoms with Crippen molar-refractivity contribution in [1.82, 2.24) is 14.8 Å². The van der Waals surface area contributed by atoms with Gasteiger partial charge in [0.25, 0.3) is 0 Å². The normalized spacial score (nSPS) is 12.3. The molecule has 0 fully saturated rings. The maximum Gasteiger partial charge on any atom is 0.244 e. The number of rotatable bonds is 10. The third-order valence-corrected chi connectivity index (χ3v) is 5.61. The van der Waals surface area contributed by atoms with Crippen LogP contribution in [0.3, 0.4) is 0 Å². The Morgan fingerprint density at radius 1 is 1.13 bits per heavy atom. The number of hydrogen-bond donors (Lipinski definition) is 1. The van der Waals surface area contributed by atoms with Gasteiger partial charge in [-0.3, -0.25) is 9.69 Å².